The Labute approximate surface area is 172 Å². The van der Waals surface area contributed by atoms with Crippen molar-refractivity contribution >= 4 is 38.3 Å². The molecule has 0 atom stereocenters. The van der Waals surface area contributed by atoms with Gasteiger partial charge in [0.15, 0.2) is 5.13 Å². The molecule has 1 aromatic heterocycles. The zero-order chi connectivity index (χ0) is 21.8. The Kier molecular flexibility index (Phi) is 6.93. The van der Waals surface area contributed by atoms with Crippen LogP contribution in [0.25, 0.3) is 0 Å². The average Bonchev–Trinajstić information content (AvgIpc) is 3.00. The van der Waals surface area contributed by atoms with Crippen molar-refractivity contribution in [3.05, 3.63) is 45.0 Å². The predicted molar refractivity (Wildman–Crippen MR) is 109 cm³/mol. The van der Waals surface area contributed by atoms with Crippen LogP contribution in [0.4, 0.5) is 15.6 Å². The van der Waals surface area contributed by atoms with Crippen LogP contribution in [0, 0.1) is 17.0 Å². The Morgan fingerprint density at radius 1 is 1.34 bits per heavy atom. The Bertz CT molecular complexity index is 1010. The second kappa shape index (κ2) is 8.84. The molecular formula is C17H22N4O6S2. The number of nitro benzene ring substituents is 1. The smallest absolute Gasteiger partial charge is 0.413 e. The number of rotatable bonds is 7. The summed E-state index contributed by atoms with van der Waals surface area (Å²) in [6.07, 6.45) is -0.347. The molecule has 29 heavy (non-hydrogen) atoms. The number of sulfonamides is 1. The van der Waals surface area contributed by atoms with Crippen LogP contribution in [-0.2, 0) is 21.2 Å². The van der Waals surface area contributed by atoms with Crippen molar-refractivity contribution in [3.8, 4) is 0 Å². The topological polar surface area (TPSA) is 141 Å². The SMILES string of the molecule is Cc1ccc([N+](=O)[O-])cc1S(=O)(=O)NCCc1csc(NC(=O)OC(C)(C)C)n1. The monoisotopic (exact) mass is 442 g/mol. The third-order valence-electron chi connectivity index (χ3n) is 3.50. The molecule has 2 N–H and O–H groups in total. The van der Waals surface area contributed by atoms with Gasteiger partial charge >= 0.3 is 6.09 Å². The molecule has 2 aromatic rings. The van der Waals surface area contributed by atoms with Crippen LogP contribution in [0.5, 0.6) is 0 Å². The van der Waals surface area contributed by atoms with Crippen LogP contribution in [-0.4, -0.2) is 36.6 Å². The number of nitrogens with zero attached hydrogens (tertiary/aromatic N) is 2. The maximum absolute atomic E-state index is 12.5. The summed E-state index contributed by atoms with van der Waals surface area (Å²) in [7, 11) is -3.92. The molecule has 0 radical (unpaired) electrons. The quantitative estimate of drug-likeness (QED) is 0.495. The Balaban J connectivity index is 1.96. The van der Waals surface area contributed by atoms with Crippen LogP contribution in [0.1, 0.15) is 32.0 Å². The highest BCUT2D eigenvalue weighted by atomic mass is 32.2. The summed E-state index contributed by atoms with van der Waals surface area (Å²) in [6, 6.07) is 3.67. The Morgan fingerprint density at radius 2 is 2.03 bits per heavy atom. The van der Waals surface area contributed by atoms with Gasteiger partial charge in [-0.1, -0.05) is 6.07 Å². The molecule has 0 saturated carbocycles. The minimum absolute atomic E-state index is 0.0417. The van der Waals surface area contributed by atoms with Crippen molar-refractivity contribution in [3.63, 3.8) is 0 Å². The van der Waals surface area contributed by atoms with Gasteiger partial charge in [0.2, 0.25) is 10.0 Å². The van der Waals surface area contributed by atoms with Crippen LogP contribution < -0.4 is 10.0 Å². The van der Waals surface area contributed by atoms with Crippen LogP contribution >= 0.6 is 11.3 Å². The number of aromatic nitrogens is 1. The highest BCUT2D eigenvalue weighted by Crippen LogP contribution is 2.22. The summed E-state index contributed by atoms with van der Waals surface area (Å²) in [5.41, 5.74) is 0.0565. The Morgan fingerprint density at radius 3 is 2.66 bits per heavy atom. The van der Waals surface area contributed by atoms with Crippen molar-refractivity contribution in [2.45, 2.75) is 44.6 Å². The van der Waals surface area contributed by atoms with E-state index in [0.29, 0.717) is 16.4 Å². The van der Waals surface area contributed by atoms with Gasteiger partial charge in [-0.15, -0.1) is 11.3 Å². The molecular weight excluding hydrogens is 420 g/mol. The van der Waals surface area contributed by atoms with Crippen LogP contribution in [0.15, 0.2) is 28.5 Å². The number of nitro groups is 1. The Hall–Kier alpha value is -2.57. The summed E-state index contributed by atoms with van der Waals surface area (Å²) >= 11 is 1.19. The molecule has 0 unspecified atom stereocenters. The second-order valence-corrected chi connectivity index (χ2v) is 9.72. The van der Waals surface area contributed by atoms with Gasteiger partial charge in [0.25, 0.3) is 5.69 Å². The minimum Gasteiger partial charge on any atom is -0.444 e. The summed E-state index contributed by atoms with van der Waals surface area (Å²) in [5.74, 6) is 0. The average molecular weight is 443 g/mol. The largest absolute Gasteiger partial charge is 0.444 e. The van der Waals surface area contributed by atoms with Gasteiger partial charge in [-0.05, 0) is 33.3 Å². The maximum Gasteiger partial charge on any atom is 0.413 e. The van der Waals surface area contributed by atoms with Gasteiger partial charge in [-0.25, -0.2) is 22.9 Å². The molecule has 0 spiro atoms. The van der Waals surface area contributed by atoms with Gasteiger partial charge in [-0.2, -0.15) is 0 Å². The summed E-state index contributed by atoms with van der Waals surface area (Å²) in [6.45, 7) is 6.84. The van der Waals surface area contributed by atoms with Gasteiger partial charge in [0, 0.05) is 30.5 Å². The first-order valence-electron chi connectivity index (χ1n) is 8.56. The first-order chi connectivity index (χ1) is 13.4. The van der Waals surface area contributed by atoms with E-state index < -0.39 is 26.6 Å². The number of nitrogens with one attached hydrogen (secondary N) is 2. The van der Waals surface area contributed by atoms with Crippen molar-refractivity contribution in [2.75, 3.05) is 11.9 Å². The number of ether oxygens (including phenoxy) is 1. The van der Waals surface area contributed by atoms with Crippen LogP contribution in [0.2, 0.25) is 0 Å². The van der Waals surface area contributed by atoms with Crippen molar-refractivity contribution in [1.82, 2.24) is 9.71 Å². The van der Waals surface area contributed by atoms with E-state index in [4.69, 9.17) is 4.74 Å². The molecule has 0 saturated heterocycles. The van der Waals surface area contributed by atoms with Crippen molar-refractivity contribution < 1.29 is 22.9 Å². The highest BCUT2D eigenvalue weighted by molar-refractivity contribution is 7.89. The molecule has 1 heterocycles. The van der Waals surface area contributed by atoms with Gasteiger partial charge in [-0.3, -0.25) is 15.4 Å². The number of hydrogen-bond donors (Lipinski definition) is 2. The fourth-order valence-corrected chi connectivity index (χ4v) is 4.28. The molecule has 0 fully saturated rings. The van der Waals surface area contributed by atoms with E-state index in [-0.39, 0.29) is 23.5 Å². The molecule has 0 aliphatic rings. The zero-order valence-electron chi connectivity index (χ0n) is 16.4. The highest BCUT2D eigenvalue weighted by Gasteiger charge is 2.21. The number of carbonyl (C=O) groups is 1. The number of anilines is 1. The number of non-ortho nitro benzene ring substituents is 1. The van der Waals surface area contributed by atoms with Crippen molar-refractivity contribution in [2.24, 2.45) is 0 Å². The summed E-state index contributed by atoms with van der Waals surface area (Å²) in [5, 5.41) is 15.4. The number of hydrogen-bond acceptors (Lipinski definition) is 8. The number of amides is 1. The molecule has 12 heteroatoms. The lowest BCUT2D eigenvalue weighted by molar-refractivity contribution is -0.385. The molecule has 158 valence electrons. The third kappa shape index (κ3) is 6.76. The van der Waals surface area contributed by atoms with E-state index in [2.05, 4.69) is 15.0 Å². The van der Waals surface area contributed by atoms with Crippen LogP contribution in [0.3, 0.4) is 0 Å². The van der Waals surface area contributed by atoms with E-state index in [9.17, 15) is 23.3 Å². The van der Waals surface area contributed by atoms with Gasteiger partial charge < -0.3 is 4.74 Å². The number of aryl methyl sites for hydroxylation is 1. The maximum atomic E-state index is 12.5. The summed E-state index contributed by atoms with van der Waals surface area (Å²) < 4.78 is 32.5. The molecule has 1 amide bonds. The third-order valence-corrected chi connectivity index (χ3v) is 5.91. The van der Waals surface area contributed by atoms with E-state index >= 15 is 0 Å². The lowest BCUT2D eigenvalue weighted by Gasteiger charge is -2.18. The van der Waals surface area contributed by atoms with Crippen molar-refractivity contribution in [1.29, 1.82) is 0 Å². The number of carbonyl (C=O) groups excluding carboxylic acids is 1. The first-order valence-corrected chi connectivity index (χ1v) is 10.9. The number of thiazole rings is 1. The molecule has 10 nitrogen and oxygen atoms in total. The standard InChI is InChI=1S/C17H22N4O6S2/c1-11-5-6-13(21(23)24)9-14(11)29(25,26)18-8-7-12-10-28-15(19-12)20-16(22)27-17(2,3)4/h5-6,9-10,18H,7-8H2,1-4H3,(H,19,20,22). The van der Waals surface area contributed by atoms with E-state index in [0.717, 1.165) is 6.07 Å². The fourth-order valence-electron chi connectivity index (χ4n) is 2.25. The molecule has 1 aromatic carbocycles. The van der Waals surface area contributed by atoms with E-state index in [1.54, 1.807) is 33.1 Å². The number of benzene rings is 1. The van der Waals surface area contributed by atoms with E-state index in [1.165, 1.54) is 23.5 Å². The first kappa shape index (κ1) is 22.7. The molecule has 0 aliphatic heterocycles. The lowest BCUT2D eigenvalue weighted by Crippen LogP contribution is -2.27. The molecule has 0 aliphatic carbocycles. The molecule has 0 bridgehead atoms. The second-order valence-electron chi connectivity index (χ2n) is 7.13. The van der Waals surface area contributed by atoms with Gasteiger partial charge in [0.05, 0.1) is 15.5 Å². The summed E-state index contributed by atoms with van der Waals surface area (Å²) in [4.78, 5) is 26.1. The van der Waals surface area contributed by atoms with Gasteiger partial charge in [0.1, 0.15) is 5.60 Å². The predicted octanol–water partition coefficient (Wildman–Crippen LogP) is 3.23. The normalized spacial score (nSPS) is 11.9. The fraction of sp³-hybridized carbons (Fsp3) is 0.412. The minimum atomic E-state index is -3.92. The molecule has 2 rings (SSSR count). The zero-order valence-corrected chi connectivity index (χ0v) is 18.0. The lowest BCUT2D eigenvalue weighted by atomic mass is 10.2. The van der Waals surface area contributed by atoms with E-state index in [1.807, 2.05) is 0 Å².